The minimum absolute atomic E-state index is 0.00169. The molecule has 0 radical (unpaired) electrons. The Labute approximate surface area is 400 Å². The molecule has 6 N–H and O–H groups in total. The summed E-state index contributed by atoms with van der Waals surface area (Å²) >= 11 is 0. The van der Waals surface area contributed by atoms with Crippen LogP contribution < -0.4 is 31.2 Å². The quantitative estimate of drug-likeness (QED) is 0.0528. The second-order valence-electron chi connectivity index (χ2n) is 16.6. The van der Waals surface area contributed by atoms with E-state index in [1.165, 1.54) is 46.8 Å². The van der Waals surface area contributed by atoms with E-state index in [0.29, 0.717) is 56.0 Å². The number of hydrogen-bond acceptors (Lipinski definition) is 9. The first-order valence-electron chi connectivity index (χ1n) is 22.3. The largest absolute Gasteiger partial charge is 0.573 e. The number of anilines is 3. The molecule has 70 heavy (non-hydrogen) atoms. The predicted octanol–water partition coefficient (Wildman–Crippen LogP) is 10.3. The molecule has 2 fully saturated rings. The molecule has 0 bridgehead atoms. The van der Waals surface area contributed by atoms with Gasteiger partial charge in [0.1, 0.15) is 11.5 Å². The number of nitrogens with one attached hydrogen (secondary N) is 3. The van der Waals surface area contributed by atoms with E-state index in [2.05, 4.69) is 30.3 Å². The van der Waals surface area contributed by atoms with Gasteiger partial charge in [0.05, 0.1) is 16.9 Å². The van der Waals surface area contributed by atoms with Crippen molar-refractivity contribution in [2.45, 2.75) is 70.8 Å². The van der Waals surface area contributed by atoms with E-state index in [1.807, 2.05) is 19.1 Å². The summed E-state index contributed by atoms with van der Waals surface area (Å²) in [6.07, 6.45) is -4.25. The van der Waals surface area contributed by atoms with Crippen LogP contribution in [0.1, 0.15) is 71.7 Å². The molecule has 1 heterocycles. The van der Waals surface area contributed by atoms with Crippen molar-refractivity contribution >= 4 is 45.0 Å². The van der Waals surface area contributed by atoms with Gasteiger partial charge in [0.2, 0.25) is 10.0 Å². The average molecular weight is 999 g/mol. The first-order chi connectivity index (χ1) is 33.2. The molecule has 7 rings (SSSR count). The smallest absolute Gasteiger partial charge is 0.478 e. The van der Waals surface area contributed by atoms with Crippen LogP contribution in [0.5, 0.6) is 11.5 Å². The number of piperazine rings is 1. The summed E-state index contributed by atoms with van der Waals surface area (Å²) in [6, 6.07) is 26.4. The van der Waals surface area contributed by atoms with E-state index in [1.54, 1.807) is 42.5 Å². The van der Waals surface area contributed by atoms with Crippen molar-refractivity contribution in [1.82, 2.24) is 14.5 Å². The van der Waals surface area contributed by atoms with Gasteiger partial charge in [-0.05, 0) is 90.6 Å². The highest BCUT2D eigenvalue weighted by molar-refractivity contribution is 7.89. The Hall–Kier alpha value is -6.84. The minimum Gasteiger partial charge on any atom is -0.478 e. The standard InChI is InChI=1S/C28H31F3N4O4S.C21H21F3N2O4/c1-2-16-40(37,38)35-14-12-34(13-15-35)19-20-8-10-22(11-9-20)33-27(36)24-18-26(39-28(29,30)31)23(17-25(24)32)21-6-4-3-5-7-21;22-21(23,24)30-18-11-10-16(26-20(29)25-15-4-2-1-3-5-15)12-17(18)13-6-8-14(9-7-13)19(27)28/h3-11,17-18H,2,12-16,19,32H2,1H3,(H,33,36);6-12,15H,1-5H2,(H,27,28)(H2,25,26,29). The van der Waals surface area contributed by atoms with Crippen LogP contribution >= 0.6 is 0 Å². The van der Waals surface area contributed by atoms with Crippen molar-refractivity contribution in [3.8, 4) is 33.8 Å². The first-order valence-corrected chi connectivity index (χ1v) is 23.9. The molecule has 0 spiro atoms. The van der Waals surface area contributed by atoms with Gasteiger partial charge in [-0.1, -0.05) is 80.8 Å². The van der Waals surface area contributed by atoms with Gasteiger partial charge < -0.3 is 36.3 Å². The zero-order valence-corrected chi connectivity index (χ0v) is 38.7. The monoisotopic (exact) mass is 998 g/mol. The van der Waals surface area contributed by atoms with E-state index in [0.717, 1.165) is 49.8 Å². The number of nitrogen functional groups attached to an aromatic ring is 1. The van der Waals surface area contributed by atoms with Crippen molar-refractivity contribution < 1.29 is 63.7 Å². The fraction of sp³-hybridized carbons (Fsp3) is 0.327. The second-order valence-corrected chi connectivity index (χ2v) is 18.7. The van der Waals surface area contributed by atoms with Gasteiger partial charge in [0, 0.05) is 67.0 Å². The third-order valence-corrected chi connectivity index (χ3v) is 13.4. The Kier molecular flexibility index (Phi) is 17.4. The van der Waals surface area contributed by atoms with Crippen molar-refractivity contribution in [3.05, 3.63) is 126 Å². The van der Waals surface area contributed by atoms with Crippen LogP contribution in [-0.4, -0.2) is 91.3 Å². The lowest BCUT2D eigenvalue weighted by atomic mass is 9.96. The van der Waals surface area contributed by atoms with Crippen LogP contribution in [0.3, 0.4) is 0 Å². The second kappa shape index (κ2) is 23.2. The summed E-state index contributed by atoms with van der Waals surface area (Å²) in [5.74, 6) is -2.66. The highest BCUT2D eigenvalue weighted by Gasteiger charge is 2.34. The molecule has 1 aliphatic carbocycles. The number of hydrogen-bond donors (Lipinski definition) is 5. The number of urea groups is 1. The molecule has 2 aliphatic rings. The number of carbonyl (C=O) groups excluding carboxylic acids is 2. The number of amides is 3. The number of alkyl halides is 6. The van der Waals surface area contributed by atoms with Crippen LogP contribution in [0.2, 0.25) is 0 Å². The molecule has 14 nitrogen and oxygen atoms in total. The summed E-state index contributed by atoms with van der Waals surface area (Å²) in [5, 5.41) is 17.2. The third-order valence-electron chi connectivity index (χ3n) is 11.4. The van der Waals surface area contributed by atoms with Gasteiger partial charge in [-0.15, -0.1) is 26.3 Å². The normalized spacial score (nSPS) is 15.0. The summed E-state index contributed by atoms with van der Waals surface area (Å²) in [4.78, 5) is 38.4. The summed E-state index contributed by atoms with van der Waals surface area (Å²) in [7, 11) is -3.21. The Morgan fingerprint density at radius 1 is 0.714 bits per heavy atom. The van der Waals surface area contributed by atoms with Crippen molar-refractivity contribution in [2.75, 3.05) is 48.3 Å². The number of carboxylic acid groups (broad SMARTS) is 1. The first kappa shape index (κ1) is 52.5. The molecule has 0 atom stereocenters. The zero-order valence-electron chi connectivity index (χ0n) is 37.9. The van der Waals surface area contributed by atoms with Gasteiger partial charge in [-0.3, -0.25) is 9.69 Å². The van der Waals surface area contributed by atoms with Gasteiger partial charge in [0.15, 0.2) is 0 Å². The SMILES string of the molecule is CCCS(=O)(=O)N1CCN(Cc2ccc(NC(=O)c3cc(OC(F)(F)F)c(-c4ccccc4)cc3N)cc2)CC1.O=C(Nc1ccc(OC(F)(F)F)c(-c2ccc(C(=O)O)cc2)c1)NC1CCCCC1. The molecule has 0 aromatic heterocycles. The summed E-state index contributed by atoms with van der Waals surface area (Å²) < 4.78 is 112. The topological polar surface area (TPSA) is 193 Å². The lowest BCUT2D eigenvalue weighted by Gasteiger charge is -2.34. The Morgan fingerprint density at radius 2 is 1.30 bits per heavy atom. The zero-order chi connectivity index (χ0) is 50.6. The van der Waals surface area contributed by atoms with Gasteiger partial charge in [-0.2, -0.15) is 4.31 Å². The number of sulfonamides is 1. The number of rotatable bonds is 14. The van der Waals surface area contributed by atoms with Crippen molar-refractivity contribution in [3.63, 3.8) is 0 Å². The molecule has 21 heteroatoms. The van der Waals surface area contributed by atoms with Crippen molar-refractivity contribution in [2.24, 2.45) is 0 Å². The molecule has 5 aromatic rings. The number of nitrogens with two attached hydrogens (primary N) is 1. The highest BCUT2D eigenvalue weighted by Crippen LogP contribution is 2.38. The lowest BCUT2D eigenvalue weighted by molar-refractivity contribution is -0.275. The Morgan fingerprint density at radius 3 is 1.90 bits per heavy atom. The maximum absolute atomic E-state index is 13.1. The maximum Gasteiger partial charge on any atom is 0.573 e. The highest BCUT2D eigenvalue weighted by atomic mass is 32.2. The average Bonchev–Trinajstić information content (AvgIpc) is 3.30. The van der Waals surface area contributed by atoms with E-state index in [4.69, 9.17) is 10.8 Å². The summed E-state index contributed by atoms with van der Waals surface area (Å²) in [6.45, 7) is 4.57. The number of nitrogens with zero attached hydrogens (tertiary/aromatic N) is 2. The predicted molar refractivity (Wildman–Crippen MR) is 253 cm³/mol. The number of aromatic carboxylic acids is 1. The van der Waals surface area contributed by atoms with Crippen LogP contribution in [0.25, 0.3) is 22.3 Å². The summed E-state index contributed by atoms with van der Waals surface area (Å²) in [5.41, 5.74) is 8.58. The van der Waals surface area contributed by atoms with Crippen molar-refractivity contribution in [1.29, 1.82) is 0 Å². The van der Waals surface area contributed by atoms with Gasteiger partial charge in [-0.25, -0.2) is 18.0 Å². The Bertz CT molecular complexity index is 2700. The number of halogens is 6. The van der Waals surface area contributed by atoms with E-state index in [9.17, 15) is 49.1 Å². The fourth-order valence-electron chi connectivity index (χ4n) is 7.99. The number of ether oxygens (including phenoxy) is 2. The Balaban J connectivity index is 0.000000239. The number of carbonyl (C=O) groups is 3. The number of benzene rings is 5. The van der Waals surface area contributed by atoms with Gasteiger partial charge in [0.25, 0.3) is 5.91 Å². The maximum atomic E-state index is 13.1. The van der Waals surface area contributed by atoms with Crippen LogP contribution in [0, 0.1) is 0 Å². The minimum atomic E-state index is -4.96. The van der Waals surface area contributed by atoms with Crippen LogP contribution in [0.15, 0.2) is 109 Å². The molecular formula is C49H52F6N6O8S. The third kappa shape index (κ3) is 15.3. The molecule has 3 amide bonds. The van der Waals surface area contributed by atoms with E-state index >= 15 is 0 Å². The van der Waals surface area contributed by atoms with E-state index in [-0.39, 0.29) is 45.4 Å². The molecule has 1 saturated carbocycles. The molecular weight excluding hydrogens is 947 g/mol. The molecule has 374 valence electrons. The van der Waals surface area contributed by atoms with Crippen LogP contribution in [-0.2, 0) is 16.6 Å². The van der Waals surface area contributed by atoms with E-state index < -0.39 is 52.2 Å². The molecule has 0 unspecified atom stereocenters. The molecule has 1 aliphatic heterocycles. The lowest BCUT2D eigenvalue weighted by Crippen LogP contribution is -2.48. The number of carboxylic acids is 1. The molecule has 5 aromatic carbocycles. The fourth-order valence-corrected chi connectivity index (χ4v) is 9.48. The molecule has 1 saturated heterocycles. The van der Waals surface area contributed by atoms with Gasteiger partial charge >= 0.3 is 24.7 Å². The van der Waals surface area contributed by atoms with Crippen LogP contribution in [0.4, 0.5) is 48.2 Å².